The van der Waals surface area contributed by atoms with Gasteiger partial charge in [-0.2, -0.15) is 5.10 Å². The quantitative estimate of drug-likeness (QED) is 0.584. The molecule has 0 saturated carbocycles. The van der Waals surface area contributed by atoms with Gasteiger partial charge in [-0.3, -0.25) is 4.68 Å². The number of amides is 2. The maximum absolute atomic E-state index is 11.2. The zero-order chi connectivity index (χ0) is 11.1. The monoisotopic (exact) mass is 210 g/mol. The molecule has 2 heterocycles. The lowest BCUT2D eigenvalue weighted by Crippen LogP contribution is -2.47. The summed E-state index contributed by atoms with van der Waals surface area (Å²) < 4.78 is 1.49. The number of nitrogens with one attached hydrogen (secondary N) is 2. The summed E-state index contributed by atoms with van der Waals surface area (Å²) in [5.41, 5.74) is -0.943. The lowest BCUT2D eigenvalue weighted by Gasteiger charge is -2.20. The number of urea groups is 1. The second-order valence-corrected chi connectivity index (χ2v) is 3.42. The Labute approximate surface area is 85.1 Å². The second kappa shape index (κ2) is 2.97. The molecule has 0 spiro atoms. The Hall–Kier alpha value is -2.05. The molecule has 1 aromatic rings. The number of hydrogen-bond donors (Lipinski definition) is 3. The van der Waals surface area contributed by atoms with E-state index in [1.165, 1.54) is 10.9 Å². The molecule has 15 heavy (non-hydrogen) atoms. The summed E-state index contributed by atoms with van der Waals surface area (Å²) in [6.45, 7) is 0.0207. The predicted molar refractivity (Wildman–Crippen MR) is 49.1 cm³/mol. The van der Waals surface area contributed by atoms with Crippen LogP contribution < -0.4 is 10.6 Å². The third-order valence-electron chi connectivity index (χ3n) is 2.40. The largest absolute Gasteiger partial charge is 0.479 e. The Morgan fingerprint density at radius 2 is 2.47 bits per heavy atom. The zero-order valence-corrected chi connectivity index (χ0v) is 8.02. The molecule has 1 atom stereocenters. The lowest BCUT2D eigenvalue weighted by atomic mass is 9.94. The SMILES string of the molecule is Cn1cc(C2(C(=O)O)CNC(=O)N2)cn1. The van der Waals surface area contributed by atoms with Gasteiger partial charge in [-0.25, -0.2) is 9.59 Å². The summed E-state index contributed by atoms with van der Waals surface area (Å²) >= 11 is 0. The van der Waals surface area contributed by atoms with Gasteiger partial charge in [-0.1, -0.05) is 0 Å². The highest BCUT2D eigenvalue weighted by atomic mass is 16.4. The van der Waals surface area contributed by atoms with E-state index in [4.69, 9.17) is 5.11 Å². The van der Waals surface area contributed by atoms with Crippen molar-refractivity contribution in [2.24, 2.45) is 7.05 Å². The maximum atomic E-state index is 11.2. The minimum atomic E-state index is -1.40. The number of hydrogen-bond acceptors (Lipinski definition) is 3. The molecular formula is C8H10N4O3. The van der Waals surface area contributed by atoms with Crippen molar-refractivity contribution >= 4 is 12.0 Å². The molecule has 1 fully saturated rings. The van der Waals surface area contributed by atoms with Crippen molar-refractivity contribution in [2.45, 2.75) is 5.54 Å². The molecule has 0 radical (unpaired) electrons. The van der Waals surface area contributed by atoms with E-state index in [0.29, 0.717) is 5.56 Å². The summed E-state index contributed by atoms with van der Waals surface area (Å²) in [6, 6.07) is -0.485. The molecule has 7 heteroatoms. The van der Waals surface area contributed by atoms with Crippen LogP contribution >= 0.6 is 0 Å². The van der Waals surface area contributed by atoms with E-state index in [1.54, 1.807) is 13.2 Å². The molecule has 0 aromatic carbocycles. The highest BCUT2D eigenvalue weighted by Crippen LogP contribution is 2.23. The third-order valence-corrected chi connectivity index (χ3v) is 2.40. The molecule has 7 nitrogen and oxygen atoms in total. The fourth-order valence-corrected chi connectivity index (χ4v) is 1.56. The van der Waals surface area contributed by atoms with Crippen LogP contribution in [-0.4, -0.2) is 33.4 Å². The minimum Gasteiger partial charge on any atom is -0.479 e. The van der Waals surface area contributed by atoms with Gasteiger partial charge in [0.2, 0.25) is 0 Å². The van der Waals surface area contributed by atoms with Gasteiger partial charge >= 0.3 is 12.0 Å². The number of aromatic nitrogens is 2. The molecule has 2 amide bonds. The van der Waals surface area contributed by atoms with Crippen LogP contribution in [0.15, 0.2) is 12.4 Å². The molecule has 1 saturated heterocycles. The van der Waals surface area contributed by atoms with Gasteiger partial charge in [-0.05, 0) is 0 Å². The normalized spacial score (nSPS) is 24.7. The third kappa shape index (κ3) is 1.32. The topological polar surface area (TPSA) is 96.3 Å². The van der Waals surface area contributed by atoms with Crippen molar-refractivity contribution in [3.63, 3.8) is 0 Å². The highest BCUT2D eigenvalue weighted by molar-refractivity contribution is 5.91. The van der Waals surface area contributed by atoms with Crippen LogP contribution in [0.3, 0.4) is 0 Å². The standard InChI is InChI=1S/C8H10N4O3/c1-12-3-5(2-10-12)8(6(13)14)4-9-7(15)11-8/h2-3H,4H2,1H3,(H,13,14)(H2,9,11,15). The van der Waals surface area contributed by atoms with E-state index < -0.39 is 17.5 Å². The fourth-order valence-electron chi connectivity index (χ4n) is 1.56. The van der Waals surface area contributed by atoms with E-state index in [0.717, 1.165) is 0 Å². The first-order valence-electron chi connectivity index (χ1n) is 4.33. The Morgan fingerprint density at radius 1 is 1.73 bits per heavy atom. The van der Waals surface area contributed by atoms with Crippen LogP contribution in [0, 0.1) is 0 Å². The molecule has 0 aliphatic carbocycles. The van der Waals surface area contributed by atoms with Gasteiger partial charge in [-0.15, -0.1) is 0 Å². The van der Waals surface area contributed by atoms with Crippen molar-refractivity contribution in [3.05, 3.63) is 18.0 Å². The highest BCUT2D eigenvalue weighted by Gasteiger charge is 2.47. The molecular weight excluding hydrogens is 200 g/mol. The number of rotatable bonds is 2. The summed E-state index contributed by atoms with van der Waals surface area (Å²) in [5.74, 6) is -1.10. The molecule has 1 aromatic heterocycles. The van der Waals surface area contributed by atoms with Gasteiger partial charge in [0.05, 0.1) is 12.7 Å². The van der Waals surface area contributed by atoms with Crippen LogP contribution in [0.1, 0.15) is 5.56 Å². The van der Waals surface area contributed by atoms with Crippen LogP contribution in [0.25, 0.3) is 0 Å². The Morgan fingerprint density at radius 3 is 2.87 bits per heavy atom. The number of carboxylic acids is 1. The van der Waals surface area contributed by atoms with E-state index in [-0.39, 0.29) is 6.54 Å². The smallest absolute Gasteiger partial charge is 0.336 e. The van der Waals surface area contributed by atoms with Crippen molar-refractivity contribution in [1.82, 2.24) is 20.4 Å². The summed E-state index contributed by atoms with van der Waals surface area (Å²) in [4.78, 5) is 22.2. The minimum absolute atomic E-state index is 0.0207. The summed E-state index contributed by atoms with van der Waals surface area (Å²) in [6.07, 6.45) is 3.00. The average molecular weight is 210 g/mol. The number of aryl methyl sites for hydroxylation is 1. The van der Waals surface area contributed by atoms with Gasteiger partial charge in [0.1, 0.15) is 0 Å². The predicted octanol–water partition coefficient (Wildman–Crippen LogP) is -0.987. The first kappa shape index (κ1) is 9.50. The van der Waals surface area contributed by atoms with E-state index in [1.807, 2.05) is 0 Å². The van der Waals surface area contributed by atoms with Gasteiger partial charge < -0.3 is 15.7 Å². The molecule has 1 unspecified atom stereocenters. The Balaban J connectivity index is 2.44. The van der Waals surface area contributed by atoms with Crippen LogP contribution in [-0.2, 0) is 17.4 Å². The van der Waals surface area contributed by atoms with Crippen molar-refractivity contribution < 1.29 is 14.7 Å². The number of carboxylic acid groups (broad SMARTS) is 1. The van der Waals surface area contributed by atoms with Gasteiger partial charge in [0.15, 0.2) is 5.54 Å². The van der Waals surface area contributed by atoms with Crippen LogP contribution in [0.2, 0.25) is 0 Å². The second-order valence-electron chi connectivity index (χ2n) is 3.42. The van der Waals surface area contributed by atoms with Crippen molar-refractivity contribution in [2.75, 3.05) is 6.54 Å². The Bertz CT molecular complexity index is 427. The molecule has 1 aliphatic rings. The van der Waals surface area contributed by atoms with E-state index >= 15 is 0 Å². The molecule has 3 N–H and O–H groups in total. The molecule has 0 bridgehead atoms. The first-order valence-corrected chi connectivity index (χ1v) is 4.33. The van der Waals surface area contributed by atoms with Crippen LogP contribution in [0.4, 0.5) is 4.79 Å². The van der Waals surface area contributed by atoms with Crippen molar-refractivity contribution in [3.8, 4) is 0 Å². The molecule has 80 valence electrons. The maximum Gasteiger partial charge on any atom is 0.336 e. The first-order chi connectivity index (χ1) is 7.04. The molecule has 1 aliphatic heterocycles. The number of nitrogens with zero attached hydrogens (tertiary/aromatic N) is 2. The lowest BCUT2D eigenvalue weighted by molar-refractivity contribution is -0.143. The summed E-state index contributed by atoms with van der Waals surface area (Å²) in [5, 5.41) is 17.9. The zero-order valence-electron chi connectivity index (χ0n) is 8.02. The van der Waals surface area contributed by atoms with E-state index in [2.05, 4.69) is 15.7 Å². The van der Waals surface area contributed by atoms with Gasteiger partial charge in [0, 0.05) is 18.8 Å². The number of carbonyl (C=O) groups excluding carboxylic acids is 1. The van der Waals surface area contributed by atoms with Crippen molar-refractivity contribution in [1.29, 1.82) is 0 Å². The Kier molecular flexibility index (Phi) is 1.88. The fraction of sp³-hybridized carbons (Fsp3) is 0.375. The van der Waals surface area contributed by atoms with Crippen LogP contribution in [0.5, 0.6) is 0 Å². The van der Waals surface area contributed by atoms with Gasteiger partial charge in [0.25, 0.3) is 0 Å². The molecule has 2 rings (SSSR count). The number of carbonyl (C=O) groups is 2. The summed E-state index contributed by atoms with van der Waals surface area (Å²) in [7, 11) is 1.68. The average Bonchev–Trinajstić information content (AvgIpc) is 2.72. The number of aliphatic carboxylic acids is 1. The van der Waals surface area contributed by atoms with E-state index in [9.17, 15) is 9.59 Å².